The van der Waals surface area contributed by atoms with Gasteiger partial charge in [0.1, 0.15) is 29.3 Å². The van der Waals surface area contributed by atoms with Gasteiger partial charge in [-0.1, -0.05) is 0 Å². The van der Waals surface area contributed by atoms with Crippen LogP contribution in [-0.2, 0) is 6.18 Å². The molecule has 164 valence electrons. The Morgan fingerprint density at radius 1 is 1.39 bits per heavy atom. The molecular formula is C19H20F3N7O2. The first-order valence-electron chi connectivity index (χ1n) is 9.54. The first kappa shape index (κ1) is 20.8. The number of hydrogen-bond donors (Lipinski definition) is 2. The Labute approximate surface area is 175 Å². The van der Waals surface area contributed by atoms with Crippen LogP contribution in [0.1, 0.15) is 28.9 Å². The molecule has 1 atom stereocenters. The number of pyridine rings is 1. The van der Waals surface area contributed by atoms with Crippen molar-refractivity contribution in [2.24, 2.45) is 0 Å². The summed E-state index contributed by atoms with van der Waals surface area (Å²) in [4.78, 5) is 22.6. The maximum absolute atomic E-state index is 13.0. The predicted octanol–water partition coefficient (Wildman–Crippen LogP) is 2.45. The Morgan fingerprint density at radius 3 is 2.90 bits per heavy atom. The SMILES string of the molecule is CN1CCC[C@H]1COc1ccncc1NC(=O)c1c(N)nn2ccc(C(F)(F)F)nc12. The summed E-state index contributed by atoms with van der Waals surface area (Å²) < 4.78 is 46.0. The Bertz CT molecular complexity index is 1120. The molecule has 3 aromatic heterocycles. The van der Waals surface area contributed by atoms with Crippen molar-refractivity contribution >= 4 is 23.1 Å². The van der Waals surface area contributed by atoms with Crippen LogP contribution in [0, 0.1) is 0 Å². The molecule has 0 aliphatic carbocycles. The second-order valence-corrected chi connectivity index (χ2v) is 7.25. The number of amides is 1. The lowest BCUT2D eigenvalue weighted by Gasteiger charge is -2.20. The van der Waals surface area contributed by atoms with E-state index in [-0.39, 0.29) is 28.8 Å². The number of alkyl halides is 3. The lowest BCUT2D eigenvalue weighted by Crippen LogP contribution is -2.30. The number of anilines is 2. The predicted molar refractivity (Wildman–Crippen MR) is 106 cm³/mol. The van der Waals surface area contributed by atoms with Crippen LogP contribution in [0.25, 0.3) is 5.65 Å². The van der Waals surface area contributed by atoms with Crippen LogP contribution in [0.4, 0.5) is 24.7 Å². The van der Waals surface area contributed by atoms with Gasteiger partial charge in [0, 0.05) is 24.5 Å². The minimum Gasteiger partial charge on any atom is -0.490 e. The van der Waals surface area contributed by atoms with Crippen molar-refractivity contribution in [3.63, 3.8) is 0 Å². The molecule has 0 radical (unpaired) electrons. The topological polar surface area (TPSA) is 111 Å². The van der Waals surface area contributed by atoms with Gasteiger partial charge in [-0.25, -0.2) is 9.50 Å². The van der Waals surface area contributed by atoms with E-state index in [1.54, 1.807) is 6.07 Å². The van der Waals surface area contributed by atoms with Crippen molar-refractivity contribution < 1.29 is 22.7 Å². The van der Waals surface area contributed by atoms with E-state index in [9.17, 15) is 18.0 Å². The first-order valence-corrected chi connectivity index (χ1v) is 9.54. The molecule has 9 nitrogen and oxygen atoms in total. The smallest absolute Gasteiger partial charge is 0.433 e. The molecule has 0 spiro atoms. The van der Waals surface area contributed by atoms with Gasteiger partial charge in [0.25, 0.3) is 5.91 Å². The third kappa shape index (κ3) is 4.24. The molecule has 12 heteroatoms. The Hall–Kier alpha value is -3.41. The van der Waals surface area contributed by atoms with Crippen molar-refractivity contribution in [2.75, 3.05) is 31.2 Å². The largest absolute Gasteiger partial charge is 0.490 e. The molecule has 0 saturated carbocycles. The Balaban J connectivity index is 1.59. The summed E-state index contributed by atoms with van der Waals surface area (Å²) in [6.45, 7) is 1.42. The van der Waals surface area contributed by atoms with E-state index in [1.165, 1.54) is 12.4 Å². The van der Waals surface area contributed by atoms with Crippen molar-refractivity contribution in [2.45, 2.75) is 25.1 Å². The minimum atomic E-state index is -4.67. The zero-order valence-corrected chi connectivity index (χ0v) is 16.6. The van der Waals surface area contributed by atoms with Crippen molar-refractivity contribution in [1.29, 1.82) is 0 Å². The summed E-state index contributed by atoms with van der Waals surface area (Å²) in [5.74, 6) is -0.624. The number of nitrogens with zero attached hydrogens (tertiary/aromatic N) is 5. The number of nitrogens with one attached hydrogen (secondary N) is 1. The van der Waals surface area contributed by atoms with Crippen LogP contribution in [0.2, 0.25) is 0 Å². The maximum atomic E-state index is 13.0. The van der Waals surface area contributed by atoms with Gasteiger partial charge in [0.15, 0.2) is 11.5 Å². The Morgan fingerprint density at radius 2 is 2.19 bits per heavy atom. The zero-order valence-electron chi connectivity index (χ0n) is 16.6. The van der Waals surface area contributed by atoms with Gasteiger partial charge in [-0.15, -0.1) is 5.10 Å². The van der Waals surface area contributed by atoms with Gasteiger partial charge < -0.3 is 20.7 Å². The van der Waals surface area contributed by atoms with Crippen LogP contribution < -0.4 is 15.8 Å². The van der Waals surface area contributed by atoms with Crippen molar-refractivity contribution in [3.8, 4) is 5.75 Å². The molecule has 1 aliphatic rings. The summed E-state index contributed by atoms with van der Waals surface area (Å²) in [7, 11) is 2.02. The minimum absolute atomic E-state index is 0.247. The molecule has 31 heavy (non-hydrogen) atoms. The van der Waals surface area contributed by atoms with E-state index in [0.29, 0.717) is 12.4 Å². The summed E-state index contributed by atoms with van der Waals surface area (Å²) in [6.07, 6.45) is 1.38. The van der Waals surface area contributed by atoms with Gasteiger partial charge in [-0.2, -0.15) is 13.2 Å². The molecule has 3 N–H and O–H groups in total. The third-order valence-electron chi connectivity index (χ3n) is 5.16. The average Bonchev–Trinajstić information content (AvgIpc) is 3.27. The number of aromatic nitrogens is 4. The number of hydrogen-bond acceptors (Lipinski definition) is 7. The lowest BCUT2D eigenvalue weighted by molar-refractivity contribution is -0.141. The normalized spacial score (nSPS) is 17.2. The number of ether oxygens (including phenoxy) is 1. The summed E-state index contributed by atoms with van der Waals surface area (Å²) >= 11 is 0. The van der Waals surface area contributed by atoms with Gasteiger partial charge >= 0.3 is 6.18 Å². The van der Waals surface area contributed by atoms with Crippen LogP contribution >= 0.6 is 0 Å². The monoisotopic (exact) mass is 435 g/mol. The second-order valence-electron chi connectivity index (χ2n) is 7.25. The molecule has 0 aromatic carbocycles. The van der Waals surface area contributed by atoms with Crippen LogP contribution in [0.15, 0.2) is 30.7 Å². The van der Waals surface area contributed by atoms with Gasteiger partial charge in [-0.05, 0) is 32.5 Å². The van der Waals surface area contributed by atoms with Gasteiger partial charge in [0.2, 0.25) is 0 Å². The number of likely N-dealkylation sites (N-methyl/N-ethyl adjacent to an activating group) is 1. The van der Waals surface area contributed by atoms with E-state index in [2.05, 4.69) is 25.3 Å². The quantitative estimate of drug-likeness (QED) is 0.633. The highest BCUT2D eigenvalue weighted by Crippen LogP contribution is 2.30. The summed E-state index contributed by atoms with van der Waals surface area (Å²) in [6, 6.07) is 2.62. The van der Waals surface area contributed by atoms with Gasteiger partial charge in [-0.3, -0.25) is 9.78 Å². The van der Waals surface area contributed by atoms with Crippen molar-refractivity contribution in [1.82, 2.24) is 24.5 Å². The van der Waals surface area contributed by atoms with E-state index in [1.807, 2.05) is 7.05 Å². The van der Waals surface area contributed by atoms with E-state index in [0.717, 1.165) is 36.2 Å². The molecule has 1 amide bonds. The van der Waals surface area contributed by atoms with E-state index < -0.39 is 17.8 Å². The number of halogens is 3. The number of nitrogen functional groups attached to an aromatic ring is 1. The number of likely N-dealkylation sites (tertiary alicyclic amines) is 1. The standard InChI is InChI=1S/C19H20F3N7O2/c1-28-7-2-3-11(28)10-31-13-4-6-24-9-12(13)25-18(30)15-16(23)27-29-8-5-14(19(20,21)22)26-17(15)29/h4-6,8-9,11H,2-3,7,10H2,1H3,(H2,23,27)(H,25,30)/t11-/m0/s1. The fourth-order valence-electron chi connectivity index (χ4n) is 3.48. The van der Waals surface area contributed by atoms with Crippen LogP contribution in [0.3, 0.4) is 0 Å². The van der Waals surface area contributed by atoms with Crippen molar-refractivity contribution in [3.05, 3.63) is 42.0 Å². The average molecular weight is 435 g/mol. The first-order chi connectivity index (χ1) is 14.7. The number of fused-ring (bicyclic) bond motifs is 1. The lowest BCUT2D eigenvalue weighted by atomic mass is 10.2. The number of nitrogens with two attached hydrogens (primary N) is 1. The number of carbonyl (C=O) groups is 1. The highest BCUT2D eigenvalue weighted by atomic mass is 19.4. The number of rotatable bonds is 5. The van der Waals surface area contributed by atoms with Crippen LogP contribution in [-0.4, -0.2) is 56.6 Å². The summed E-state index contributed by atoms with van der Waals surface area (Å²) in [5.41, 5.74) is 4.34. The molecule has 1 aliphatic heterocycles. The van der Waals surface area contributed by atoms with E-state index in [4.69, 9.17) is 10.5 Å². The molecular weight excluding hydrogens is 415 g/mol. The third-order valence-corrected chi connectivity index (χ3v) is 5.16. The maximum Gasteiger partial charge on any atom is 0.433 e. The second kappa shape index (κ2) is 8.02. The van der Waals surface area contributed by atoms with Gasteiger partial charge in [0.05, 0.1) is 6.20 Å². The Kier molecular flexibility index (Phi) is 5.39. The fourth-order valence-corrected chi connectivity index (χ4v) is 3.48. The molecule has 0 unspecified atom stereocenters. The van der Waals surface area contributed by atoms with E-state index >= 15 is 0 Å². The molecule has 0 bridgehead atoms. The summed E-state index contributed by atoms with van der Waals surface area (Å²) in [5, 5.41) is 6.47. The fraction of sp³-hybridized carbons (Fsp3) is 0.368. The molecule has 4 heterocycles. The molecule has 4 rings (SSSR count). The highest BCUT2D eigenvalue weighted by Gasteiger charge is 2.34. The highest BCUT2D eigenvalue weighted by molar-refractivity contribution is 6.12. The van der Waals surface area contributed by atoms with Crippen LogP contribution in [0.5, 0.6) is 5.75 Å². The molecule has 1 fully saturated rings. The number of carbonyl (C=O) groups excluding carboxylic acids is 1. The molecule has 3 aromatic rings. The zero-order chi connectivity index (χ0) is 22.2. The molecule has 1 saturated heterocycles.